The number of hydrogen-bond acceptors (Lipinski definition) is 3. The summed E-state index contributed by atoms with van der Waals surface area (Å²) in [5.74, 6) is 0. The predicted molar refractivity (Wildman–Crippen MR) is 114 cm³/mol. The lowest BCUT2D eigenvalue weighted by atomic mass is 9.92. The van der Waals surface area contributed by atoms with Crippen LogP contribution in [0, 0.1) is 6.92 Å². The van der Waals surface area contributed by atoms with Crippen molar-refractivity contribution in [2.75, 3.05) is 13.2 Å². The summed E-state index contributed by atoms with van der Waals surface area (Å²) < 4.78 is 35.0. The third kappa shape index (κ3) is 5.68. The lowest BCUT2D eigenvalue weighted by Gasteiger charge is -2.38. The van der Waals surface area contributed by atoms with E-state index in [0.29, 0.717) is 11.4 Å². The van der Waals surface area contributed by atoms with Crippen LogP contribution in [0.2, 0.25) is 0 Å². The van der Waals surface area contributed by atoms with Gasteiger partial charge in [-0.15, -0.1) is 0 Å². The van der Waals surface area contributed by atoms with Gasteiger partial charge in [0.15, 0.2) is 0 Å². The maximum absolute atomic E-state index is 13.5. The van der Waals surface area contributed by atoms with Crippen LogP contribution >= 0.6 is 0 Å². The summed E-state index contributed by atoms with van der Waals surface area (Å²) in [4.78, 5) is 0.386. The molecule has 1 aliphatic carbocycles. The van der Waals surface area contributed by atoms with Crippen molar-refractivity contribution in [3.05, 3.63) is 42.0 Å². The number of ether oxygens (including phenoxy) is 1. The second-order valence-electron chi connectivity index (χ2n) is 8.18. The molecule has 1 fully saturated rings. The molecule has 2 aliphatic rings. The van der Waals surface area contributed by atoms with Crippen LogP contribution in [-0.2, 0) is 14.8 Å². The second kappa shape index (κ2) is 10.6. The van der Waals surface area contributed by atoms with E-state index in [-0.39, 0.29) is 12.1 Å². The van der Waals surface area contributed by atoms with E-state index in [1.54, 1.807) is 16.4 Å². The molecule has 0 amide bonds. The molecule has 0 bridgehead atoms. The zero-order chi connectivity index (χ0) is 19.8. The van der Waals surface area contributed by atoms with Gasteiger partial charge in [0, 0.05) is 13.2 Å². The van der Waals surface area contributed by atoms with Crippen molar-refractivity contribution < 1.29 is 13.2 Å². The summed E-state index contributed by atoms with van der Waals surface area (Å²) >= 11 is 0. The highest BCUT2D eigenvalue weighted by molar-refractivity contribution is 7.89. The summed E-state index contributed by atoms with van der Waals surface area (Å²) in [6.07, 6.45) is 15.2. The first-order valence-corrected chi connectivity index (χ1v) is 12.4. The van der Waals surface area contributed by atoms with Crippen molar-refractivity contribution in [1.82, 2.24) is 4.31 Å². The number of fused-ring (bicyclic) bond motifs is 1. The molecule has 1 aliphatic heterocycles. The van der Waals surface area contributed by atoms with Crippen molar-refractivity contribution in [1.29, 1.82) is 0 Å². The Morgan fingerprint density at radius 3 is 2.43 bits per heavy atom. The van der Waals surface area contributed by atoms with Gasteiger partial charge >= 0.3 is 0 Å². The topological polar surface area (TPSA) is 46.6 Å². The number of allylic oxidation sites excluding steroid dienone is 1. The van der Waals surface area contributed by atoms with Gasteiger partial charge in [-0.1, -0.05) is 62.0 Å². The molecule has 0 aromatic heterocycles. The van der Waals surface area contributed by atoms with E-state index in [1.165, 1.54) is 25.7 Å². The van der Waals surface area contributed by atoms with Crippen molar-refractivity contribution in [2.45, 2.75) is 88.2 Å². The summed E-state index contributed by atoms with van der Waals surface area (Å²) in [7, 11) is -3.55. The lowest BCUT2D eigenvalue weighted by molar-refractivity contribution is -0.0151. The number of nitrogens with zero attached hydrogens (tertiary/aromatic N) is 1. The van der Waals surface area contributed by atoms with Crippen LogP contribution in [0.1, 0.15) is 69.8 Å². The molecule has 5 heteroatoms. The Bertz CT molecular complexity index is 727. The first-order chi connectivity index (χ1) is 13.6. The first kappa shape index (κ1) is 21.5. The van der Waals surface area contributed by atoms with Gasteiger partial charge in [-0.2, -0.15) is 4.31 Å². The van der Waals surface area contributed by atoms with Crippen LogP contribution in [0.15, 0.2) is 41.3 Å². The number of benzene rings is 1. The molecular weight excluding hydrogens is 370 g/mol. The minimum Gasteiger partial charge on any atom is -0.377 e. The third-order valence-corrected chi connectivity index (χ3v) is 7.87. The molecule has 2 atom stereocenters. The van der Waals surface area contributed by atoms with Crippen molar-refractivity contribution in [3.63, 3.8) is 0 Å². The van der Waals surface area contributed by atoms with Crippen LogP contribution in [0.25, 0.3) is 0 Å². The Morgan fingerprint density at radius 2 is 1.61 bits per heavy atom. The molecule has 1 saturated carbocycles. The fourth-order valence-electron chi connectivity index (χ4n) is 4.28. The normalized spacial score (nSPS) is 27.5. The highest BCUT2D eigenvalue weighted by atomic mass is 32.2. The summed E-state index contributed by atoms with van der Waals surface area (Å²) in [5.41, 5.74) is 1.07. The predicted octanol–water partition coefficient (Wildman–Crippen LogP) is 5.22. The van der Waals surface area contributed by atoms with Crippen LogP contribution in [0.3, 0.4) is 0 Å². The average molecular weight is 406 g/mol. The number of rotatable bonds is 2. The van der Waals surface area contributed by atoms with E-state index in [1.807, 2.05) is 25.1 Å². The number of aryl methyl sites for hydroxylation is 1. The van der Waals surface area contributed by atoms with E-state index in [0.717, 1.165) is 50.7 Å². The van der Waals surface area contributed by atoms with Gasteiger partial charge in [0.25, 0.3) is 0 Å². The smallest absolute Gasteiger partial charge is 0.243 e. The Morgan fingerprint density at radius 1 is 0.893 bits per heavy atom. The second-order valence-corrected chi connectivity index (χ2v) is 10.1. The largest absolute Gasteiger partial charge is 0.377 e. The molecule has 156 valence electrons. The van der Waals surface area contributed by atoms with Crippen LogP contribution < -0.4 is 0 Å². The molecule has 0 spiro atoms. The molecule has 4 nitrogen and oxygen atoms in total. The highest BCUT2D eigenvalue weighted by Gasteiger charge is 2.37. The van der Waals surface area contributed by atoms with Crippen molar-refractivity contribution in [2.24, 2.45) is 0 Å². The van der Waals surface area contributed by atoms with Crippen molar-refractivity contribution in [3.8, 4) is 0 Å². The van der Waals surface area contributed by atoms with Gasteiger partial charge in [-0.05, 0) is 51.2 Å². The summed E-state index contributed by atoms with van der Waals surface area (Å²) in [6, 6.07) is 7.15. The standard InChI is InChI=1S/C23H35NO3S/c1-20-14-16-21(17-15-20)28(25,26)24-18-10-6-4-2-3-5-7-11-19-27-23-13-9-8-12-22(23)24/h6,10,14-17,22-23H,2-5,7-9,11-13,18-19H2,1H3/b10-6+/t22-,23-/m1/s1. The minimum absolute atomic E-state index is 0.00492. The molecule has 1 aromatic carbocycles. The Hall–Kier alpha value is -1.17. The molecular formula is C23H35NO3S. The minimum atomic E-state index is -3.55. The van der Waals surface area contributed by atoms with E-state index in [9.17, 15) is 8.42 Å². The average Bonchev–Trinajstić information content (AvgIpc) is 2.69. The lowest BCUT2D eigenvalue weighted by Crippen LogP contribution is -2.49. The SMILES string of the molecule is Cc1ccc(S(=O)(=O)N2C/C=C/CCCCCCCO[C@@H]3CCCC[C@H]32)cc1. The van der Waals surface area contributed by atoms with Gasteiger partial charge in [-0.25, -0.2) is 8.42 Å². The molecule has 0 unspecified atom stereocenters. The molecule has 28 heavy (non-hydrogen) atoms. The maximum Gasteiger partial charge on any atom is 0.243 e. The van der Waals surface area contributed by atoms with E-state index in [4.69, 9.17) is 4.74 Å². The van der Waals surface area contributed by atoms with E-state index >= 15 is 0 Å². The summed E-state index contributed by atoms with van der Waals surface area (Å²) in [5, 5.41) is 0. The molecule has 0 saturated heterocycles. The fourth-order valence-corrected chi connectivity index (χ4v) is 5.91. The molecule has 0 N–H and O–H groups in total. The van der Waals surface area contributed by atoms with E-state index in [2.05, 4.69) is 6.08 Å². The van der Waals surface area contributed by atoms with E-state index < -0.39 is 10.0 Å². The molecule has 3 rings (SSSR count). The zero-order valence-electron chi connectivity index (χ0n) is 17.2. The van der Waals surface area contributed by atoms with Crippen LogP contribution in [0.4, 0.5) is 0 Å². The Kier molecular flexibility index (Phi) is 8.12. The van der Waals surface area contributed by atoms with Crippen molar-refractivity contribution >= 4 is 10.0 Å². The van der Waals surface area contributed by atoms with Gasteiger partial charge in [0.05, 0.1) is 17.0 Å². The van der Waals surface area contributed by atoms with Gasteiger partial charge in [0.2, 0.25) is 10.0 Å². The number of sulfonamides is 1. The fraction of sp³-hybridized carbons (Fsp3) is 0.652. The maximum atomic E-state index is 13.5. The van der Waals surface area contributed by atoms with Gasteiger partial charge in [-0.3, -0.25) is 0 Å². The Labute approximate surface area is 171 Å². The molecule has 1 aromatic rings. The molecule has 1 heterocycles. The zero-order valence-corrected chi connectivity index (χ0v) is 18.0. The molecule has 0 radical (unpaired) electrons. The quantitative estimate of drug-likeness (QED) is 0.634. The highest BCUT2D eigenvalue weighted by Crippen LogP contribution is 2.30. The summed E-state index contributed by atoms with van der Waals surface area (Å²) in [6.45, 7) is 3.15. The van der Waals surface area contributed by atoms with Gasteiger partial charge in [0.1, 0.15) is 0 Å². The van der Waals surface area contributed by atoms with Crippen LogP contribution in [0.5, 0.6) is 0 Å². The van der Waals surface area contributed by atoms with Crippen LogP contribution in [-0.4, -0.2) is 38.0 Å². The Balaban J connectivity index is 1.88. The van der Waals surface area contributed by atoms with Gasteiger partial charge < -0.3 is 4.74 Å². The first-order valence-electron chi connectivity index (χ1n) is 10.9. The number of hydrogen-bond donors (Lipinski definition) is 0. The third-order valence-electron chi connectivity index (χ3n) is 5.96. The monoisotopic (exact) mass is 405 g/mol.